The van der Waals surface area contributed by atoms with Crippen LogP contribution < -0.4 is 10.6 Å². The quantitative estimate of drug-likeness (QED) is 0.412. The van der Waals surface area contributed by atoms with Gasteiger partial charge in [-0.25, -0.2) is 4.39 Å². The Hall–Kier alpha value is -1.99. The zero-order valence-corrected chi connectivity index (χ0v) is 22.8. The SMILES string of the molecule is O=C(CC1CCC(O)CC1)[C@@H]1NC2(CCCCC2)[C@@]2(C(=O)Nc3cc(Cl)ccc32)[C@H]1c1cccc(Cl)c1F. The van der Waals surface area contributed by atoms with Crippen molar-refractivity contribution < 1.29 is 19.1 Å². The summed E-state index contributed by atoms with van der Waals surface area (Å²) in [5, 5.41) is 17.2. The molecule has 0 aromatic heterocycles. The topological polar surface area (TPSA) is 78.4 Å². The Morgan fingerprint density at radius 2 is 1.79 bits per heavy atom. The van der Waals surface area contributed by atoms with Gasteiger partial charge in [0, 0.05) is 28.6 Å². The van der Waals surface area contributed by atoms with E-state index in [4.69, 9.17) is 23.2 Å². The molecular weight excluding hydrogens is 526 g/mol. The van der Waals surface area contributed by atoms with Gasteiger partial charge in [0.05, 0.1) is 17.2 Å². The van der Waals surface area contributed by atoms with Gasteiger partial charge in [0.2, 0.25) is 5.91 Å². The van der Waals surface area contributed by atoms with Crippen LogP contribution in [0, 0.1) is 11.7 Å². The van der Waals surface area contributed by atoms with Gasteiger partial charge >= 0.3 is 0 Å². The number of aliphatic hydroxyl groups is 1. The molecule has 3 fully saturated rings. The minimum Gasteiger partial charge on any atom is -0.393 e. The van der Waals surface area contributed by atoms with Gasteiger partial charge in [-0.05, 0) is 73.8 Å². The lowest BCUT2D eigenvalue weighted by Crippen LogP contribution is -2.60. The Labute approximate surface area is 232 Å². The molecule has 2 saturated carbocycles. The fraction of sp³-hybridized carbons (Fsp3) is 0.533. The Morgan fingerprint density at radius 3 is 2.53 bits per heavy atom. The Morgan fingerprint density at radius 1 is 1.05 bits per heavy atom. The molecule has 1 amide bonds. The molecule has 2 aromatic carbocycles. The second-order valence-corrected chi connectivity index (χ2v) is 12.5. The number of benzene rings is 2. The number of fused-ring (bicyclic) bond motifs is 3. The van der Waals surface area contributed by atoms with Crippen LogP contribution in [0.1, 0.15) is 81.3 Å². The Bertz CT molecular complexity index is 1270. The molecule has 202 valence electrons. The first-order valence-electron chi connectivity index (χ1n) is 13.8. The number of halogens is 3. The van der Waals surface area contributed by atoms with Crippen molar-refractivity contribution in [1.82, 2.24) is 5.32 Å². The van der Waals surface area contributed by atoms with Crippen molar-refractivity contribution in [3.63, 3.8) is 0 Å². The fourth-order valence-corrected chi connectivity index (χ4v) is 8.38. The molecular formula is C30H33Cl2FN2O3. The molecule has 0 unspecified atom stereocenters. The largest absolute Gasteiger partial charge is 0.393 e. The van der Waals surface area contributed by atoms with E-state index in [1.165, 1.54) is 6.07 Å². The summed E-state index contributed by atoms with van der Waals surface area (Å²) < 4.78 is 15.9. The van der Waals surface area contributed by atoms with Crippen molar-refractivity contribution >= 4 is 40.6 Å². The highest BCUT2D eigenvalue weighted by atomic mass is 35.5. The number of anilines is 1. The number of rotatable bonds is 4. The van der Waals surface area contributed by atoms with E-state index in [-0.39, 0.29) is 28.7 Å². The minimum absolute atomic E-state index is 0.00666. The summed E-state index contributed by atoms with van der Waals surface area (Å²) in [6.07, 6.45) is 7.27. The number of hydrogen-bond donors (Lipinski definition) is 3. The fourth-order valence-electron chi connectivity index (χ4n) is 8.03. The normalized spacial score (nSPS) is 31.9. The molecule has 2 aromatic rings. The first kappa shape index (κ1) is 26.2. The van der Waals surface area contributed by atoms with Crippen molar-refractivity contribution in [3.05, 3.63) is 63.4 Å². The van der Waals surface area contributed by atoms with E-state index >= 15 is 4.39 Å². The van der Waals surface area contributed by atoms with E-state index in [9.17, 15) is 14.7 Å². The summed E-state index contributed by atoms with van der Waals surface area (Å²) in [7, 11) is 0. The maximum atomic E-state index is 15.9. The van der Waals surface area contributed by atoms with E-state index in [1.807, 2.05) is 6.07 Å². The summed E-state index contributed by atoms with van der Waals surface area (Å²) in [5.74, 6) is -1.41. The van der Waals surface area contributed by atoms with E-state index in [2.05, 4.69) is 10.6 Å². The van der Waals surface area contributed by atoms with Gasteiger partial charge in [0.25, 0.3) is 0 Å². The van der Waals surface area contributed by atoms with Gasteiger partial charge < -0.3 is 10.4 Å². The highest BCUT2D eigenvalue weighted by Crippen LogP contribution is 2.63. The molecule has 2 aliphatic carbocycles. The molecule has 2 heterocycles. The lowest BCUT2D eigenvalue weighted by molar-refractivity contribution is -0.124. The number of Topliss-reactive ketones (excluding diaryl/α,β-unsaturated/α-hetero) is 1. The zero-order valence-electron chi connectivity index (χ0n) is 21.2. The minimum atomic E-state index is -1.19. The summed E-state index contributed by atoms with van der Waals surface area (Å²) in [4.78, 5) is 28.5. The number of amides is 1. The van der Waals surface area contributed by atoms with Gasteiger partial charge in [-0.15, -0.1) is 0 Å². The van der Waals surface area contributed by atoms with Gasteiger partial charge in [-0.2, -0.15) is 0 Å². The van der Waals surface area contributed by atoms with Crippen molar-refractivity contribution in [1.29, 1.82) is 0 Å². The van der Waals surface area contributed by atoms with Crippen LogP contribution in [0.4, 0.5) is 10.1 Å². The number of carbonyl (C=O) groups excluding carboxylic acids is 2. The molecule has 4 aliphatic rings. The van der Waals surface area contributed by atoms with Crippen LogP contribution >= 0.6 is 23.2 Å². The van der Waals surface area contributed by atoms with E-state index < -0.39 is 28.7 Å². The molecule has 5 nitrogen and oxygen atoms in total. The lowest BCUT2D eigenvalue weighted by atomic mass is 9.55. The number of nitrogens with one attached hydrogen (secondary N) is 2. The number of hydrogen-bond acceptors (Lipinski definition) is 4. The van der Waals surface area contributed by atoms with Crippen LogP contribution in [0.3, 0.4) is 0 Å². The molecule has 8 heteroatoms. The second kappa shape index (κ2) is 9.88. The van der Waals surface area contributed by atoms with Crippen LogP contribution in [0.5, 0.6) is 0 Å². The van der Waals surface area contributed by atoms with Crippen LogP contribution in [0.25, 0.3) is 0 Å². The third kappa shape index (κ3) is 3.94. The maximum Gasteiger partial charge on any atom is 0.237 e. The molecule has 2 spiro atoms. The summed E-state index contributed by atoms with van der Waals surface area (Å²) in [5.41, 5.74) is -0.223. The third-order valence-corrected chi connectivity index (χ3v) is 10.2. The van der Waals surface area contributed by atoms with E-state index in [0.717, 1.165) is 37.7 Å². The van der Waals surface area contributed by atoms with Gasteiger partial charge in [-0.3, -0.25) is 14.9 Å². The molecule has 6 rings (SSSR count). The standard InChI is InChI=1S/C30H33Cl2FN2O3/c31-18-9-12-21-23(16-18)34-28(38)30(21)25(20-5-4-6-22(32)26(20)33)27(35-29(30)13-2-1-3-14-29)24(37)15-17-7-10-19(36)11-8-17/h4-6,9,12,16-17,19,25,27,35-36H,1-3,7-8,10-11,13-15H2,(H,34,38)/t17?,19?,25-,27-,30+/m0/s1. The Kier molecular flexibility index (Phi) is 6.83. The third-order valence-electron chi connectivity index (χ3n) is 9.68. The summed E-state index contributed by atoms with van der Waals surface area (Å²) in [6.45, 7) is 0. The van der Waals surface area contributed by atoms with Gasteiger partial charge in [-0.1, -0.05) is 60.7 Å². The molecule has 1 saturated heterocycles. The van der Waals surface area contributed by atoms with E-state index in [1.54, 1.807) is 24.3 Å². The predicted octanol–water partition coefficient (Wildman–Crippen LogP) is 6.29. The number of ketones is 1. The van der Waals surface area contributed by atoms with E-state index in [0.29, 0.717) is 48.4 Å². The van der Waals surface area contributed by atoms with Crippen molar-refractivity contribution in [2.75, 3.05) is 5.32 Å². The first-order chi connectivity index (χ1) is 18.3. The van der Waals surface area contributed by atoms with Crippen LogP contribution in [-0.2, 0) is 15.0 Å². The van der Waals surface area contributed by atoms with Crippen LogP contribution in [0.15, 0.2) is 36.4 Å². The monoisotopic (exact) mass is 558 g/mol. The van der Waals surface area contributed by atoms with Crippen LogP contribution in [-0.4, -0.2) is 34.5 Å². The first-order valence-corrected chi connectivity index (χ1v) is 14.6. The average molecular weight is 560 g/mol. The van der Waals surface area contributed by atoms with Crippen LogP contribution in [0.2, 0.25) is 10.0 Å². The van der Waals surface area contributed by atoms with Crippen molar-refractivity contribution in [2.24, 2.45) is 5.92 Å². The Balaban J connectivity index is 1.53. The maximum absolute atomic E-state index is 15.9. The van der Waals surface area contributed by atoms with Gasteiger partial charge in [0.15, 0.2) is 5.78 Å². The second-order valence-electron chi connectivity index (χ2n) is 11.7. The number of carbonyl (C=O) groups is 2. The average Bonchev–Trinajstić information content (AvgIpc) is 3.35. The molecule has 0 radical (unpaired) electrons. The summed E-state index contributed by atoms with van der Waals surface area (Å²) >= 11 is 12.6. The molecule has 2 aliphatic heterocycles. The molecule has 38 heavy (non-hydrogen) atoms. The smallest absolute Gasteiger partial charge is 0.237 e. The molecule has 3 N–H and O–H groups in total. The van der Waals surface area contributed by atoms with Crippen molar-refractivity contribution in [3.8, 4) is 0 Å². The zero-order chi connectivity index (χ0) is 26.7. The molecule has 0 bridgehead atoms. The highest BCUT2D eigenvalue weighted by molar-refractivity contribution is 6.31. The van der Waals surface area contributed by atoms with Gasteiger partial charge in [0.1, 0.15) is 11.2 Å². The van der Waals surface area contributed by atoms with Crippen molar-refractivity contribution in [2.45, 2.75) is 93.2 Å². The predicted molar refractivity (Wildman–Crippen MR) is 146 cm³/mol. The summed E-state index contributed by atoms with van der Waals surface area (Å²) in [6, 6.07) is 9.51. The highest BCUT2D eigenvalue weighted by Gasteiger charge is 2.72. The number of aliphatic hydroxyl groups excluding tert-OH is 1. The molecule has 3 atom stereocenters. The lowest BCUT2D eigenvalue weighted by Gasteiger charge is -2.47.